The average Bonchev–Trinajstić information content (AvgIpc) is 2.16. The van der Waals surface area contributed by atoms with Crippen LogP contribution in [0.3, 0.4) is 0 Å². The lowest BCUT2D eigenvalue weighted by atomic mass is 9.94. The molecule has 1 unspecified atom stereocenters. The molecule has 1 amide bonds. The highest BCUT2D eigenvalue weighted by molar-refractivity contribution is 5.78. The van der Waals surface area contributed by atoms with Crippen molar-refractivity contribution < 1.29 is 4.79 Å². The van der Waals surface area contributed by atoms with Gasteiger partial charge in [-0.3, -0.25) is 4.79 Å². The van der Waals surface area contributed by atoms with Crippen LogP contribution in [0.2, 0.25) is 0 Å². The highest BCUT2D eigenvalue weighted by Crippen LogP contribution is 2.15. The Morgan fingerprint density at radius 2 is 1.77 bits per heavy atom. The summed E-state index contributed by atoms with van der Waals surface area (Å²) in [5.74, 6) is 0.325. The van der Waals surface area contributed by atoms with Crippen molar-refractivity contribution in [2.24, 2.45) is 5.92 Å². The van der Waals surface area contributed by atoms with Crippen LogP contribution in [-0.2, 0) is 4.79 Å². The topological polar surface area (TPSA) is 29.1 Å². The number of carbonyl (C=O) groups excluding carboxylic acids is 1. The number of carbonyl (C=O) groups is 1. The fourth-order valence-corrected chi connectivity index (χ4v) is 1.03. The van der Waals surface area contributed by atoms with E-state index in [0.717, 1.165) is 19.3 Å². The molecule has 2 nitrogen and oxygen atoms in total. The quantitative estimate of drug-likeness (QED) is 0.701. The van der Waals surface area contributed by atoms with Gasteiger partial charge in [-0.1, -0.05) is 27.7 Å². The number of hydrogen-bond donors (Lipinski definition) is 1. The number of hydrogen-bond acceptors (Lipinski definition) is 1. The van der Waals surface area contributed by atoms with Gasteiger partial charge in [0.25, 0.3) is 0 Å². The third-order valence-electron chi connectivity index (χ3n) is 3.05. The molecule has 0 bridgehead atoms. The van der Waals surface area contributed by atoms with Crippen molar-refractivity contribution in [1.29, 1.82) is 0 Å². The molecule has 2 heteroatoms. The summed E-state index contributed by atoms with van der Waals surface area (Å²) in [4.78, 5) is 11.6. The minimum absolute atomic E-state index is 0.0134. The van der Waals surface area contributed by atoms with Gasteiger partial charge in [-0.15, -0.1) is 0 Å². The lowest BCUT2D eigenvalue weighted by molar-refractivity contribution is -0.126. The van der Waals surface area contributed by atoms with Gasteiger partial charge in [0.2, 0.25) is 5.91 Å². The van der Waals surface area contributed by atoms with E-state index in [4.69, 9.17) is 0 Å². The van der Waals surface area contributed by atoms with Crippen molar-refractivity contribution >= 4 is 5.91 Å². The Labute approximate surface area is 82.1 Å². The van der Waals surface area contributed by atoms with Gasteiger partial charge in [0.05, 0.1) is 0 Å². The third-order valence-corrected chi connectivity index (χ3v) is 3.05. The van der Waals surface area contributed by atoms with Crippen LogP contribution in [-0.4, -0.2) is 11.4 Å². The van der Waals surface area contributed by atoms with Gasteiger partial charge in [0, 0.05) is 11.5 Å². The molecule has 0 aromatic rings. The smallest absolute Gasteiger partial charge is 0.223 e. The zero-order valence-electron chi connectivity index (χ0n) is 9.61. The van der Waals surface area contributed by atoms with Gasteiger partial charge >= 0.3 is 0 Å². The zero-order valence-corrected chi connectivity index (χ0v) is 9.61. The van der Waals surface area contributed by atoms with Crippen LogP contribution in [0.4, 0.5) is 0 Å². The summed E-state index contributed by atoms with van der Waals surface area (Å²) in [6, 6.07) is 0. The highest BCUT2D eigenvalue weighted by atomic mass is 16.2. The van der Waals surface area contributed by atoms with Gasteiger partial charge < -0.3 is 5.32 Å². The normalized spacial score (nSPS) is 13.9. The molecule has 0 aromatic carbocycles. The van der Waals surface area contributed by atoms with Crippen molar-refractivity contribution in [3.05, 3.63) is 0 Å². The van der Waals surface area contributed by atoms with Crippen LogP contribution >= 0.6 is 0 Å². The van der Waals surface area contributed by atoms with Crippen molar-refractivity contribution in [2.75, 3.05) is 0 Å². The van der Waals surface area contributed by atoms with E-state index in [1.54, 1.807) is 0 Å². The third kappa shape index (κ3) is 3.79. The summed E-state index contributed by atoms with van der Waals surface area (Å²) < 4.78 is 0. The van der Waals surface area contributed by atoms with Gasteiger partial charge in [0.15, 0.2) is 0 Å². The molecule has 0 radical (unpaired) electrons. The monoisotopic (exact) mass is 185 g/mol. The Kier molecular flexibility index (Phi) is 5.04. The fraction of sp³-hybridized carbons (Fsp3) is 0.909. The van der Waals surface area contributed by atoms with Crippen LogP contribution in [0.5, 0.6) is 0 Å². The zero-order chi connectivity index (χ0) is 10.5. The van der Waals surface area contributed by atoms with Gasteiger partial charge in [-0.05, 0) is 26.2 Å². The van der Waals surface area contributed by atoms with Crippen molar-refractivity contribution in [1.82, 2.24) is 5.32 Å². The molecule has 78 valence electrons. The molecule has 0 aromatic heterocycles. The second kappa shape index (κ2) is 5.25. The molecule has 0 aliphatic carbocycles. The first-order valence-electron chi connectivity index (χ1n) is 5.31. The Bertz CT molecular complexity index is 161. The lowest BCUT2D eigenvalue weighted by Crippen LogP contribution is -2.46. The molecule has 0 saturated heterocycles. The van der Waals surface area contributed by atoms with E-state index < -0.39 is 0 Å². The minimum Gasteiger partial charge on any atom is -0.351 e. The lowest BCUT2D eigenvalue weighted by Gasteiger charge is -2.29. The Morgan fingerprint density at radius 3 is 2.08 bits per heavy atom. The summed E-state index contributed by atoms with van der Waals surface area (Å²) >= 11 is 0. The van der Waals surface area contributed by atoms with Crippen molar-refractivity contribution in [3.63, 3.8) is 0 Å². The summed E-state index contributed by atoms with van der Waals surface area (Å²) in [6.45, 7) is 10.3. The van der Waals surface area contributed by atoms with Crippen LogP contribution < -0.4 is 5.32 Å². The maximum absolute atomic E-state index is 11.6. The number of amides is 1. The first-order chi connectivity index (χ1) is 5.99. The molecule has 13 heavy (non-hydrogen) atoms. The van der Waals surface area contributed by atoms with E-state index in [1.807, 2.05) is 13.8 Å². The molecule has 0 heterocycles. The first kappa shape index (κ1) is 12.5. The van der Waals surface area contributed by atoms with Crippen LogP contribution in [0, 0.1) is 5.92 Å². The second-order valence-corrected chi connectivity index (χ2v) is 4.07. The SMILES string of the molecule is CCC(C)C(=O)NC(C)(CC)CC. The molecule has 0 rings (SSSR count). The molecule has 0 spiro atoms. The molecular weight excluding hydrogens is 162 g/mol. The predicted octanol–water partition coefficient (Wildman–Crippen LogP) is 2.73. The first-order valence-corrected chi connectivity index (χ1v) is 5.31. The fourth-order valence-electron chi connectivity index (χ4n) is 1.03. The van der Waals surface area contributed by atoms with Gasteiger partial charge in [-0.25, -0.2) is 0 Å². The van der Waals surface area contributed by atoms with E-state index in [1.165, 1.54) is 0 Å². The number of nitrogens with one attached hydrogen (secondary N) is 1. The summed E-state index contributed by atoms with van der Waals surface area (Å²) in [6.07, 6.45) is 2.90. The average molecular weight is 185 g/mol. The predicted molar refractivity (Wildman–Crippen MR) is 56.6 cm³/mol. The Hall–Kier alpha value is -0.530. The van der Waals surface area contributed by atoms with Crippen LogP contribution in [0.15, 0.2) is 0 Å². The largest absolute Gasteiger partial charge is 0.351 e. The van der Waals surface area contributed by atoms with Crippen molar-refractivity contribution in [2.45, 2.75) is 59.4 Å². The molecule has 0 aliphatic rings. The Morgan fingerprint density at radius 1 is 1.31 bits per heavy atom. The van der Waals surface area contributed by atoms with Gasteiger partial charge in [-0.2, -0.15) is 0 Å². The molecular formula is C11H23NO. The van der Waals surface area contributed by atoms with Crippen molar-refractivity contribution in [3.8, 4) is 0 Å². The summed E-state index contributed by atoms with van der Waals surface area (Å²) in [7, 11) is 0. The Balaban J connectivity index is 4.17. The second-order valence-electron chi connectivity index (χ2n) is 4.07. The minimum atomic E-state index is -0.0134. The van der Waals surface area contributed by atoms with E-state index in [0.29, 0.717) is 0 Å². The molecule has 0 aliphatic heterocycles. The standard InChI is InChI=1S/C11H23NO/c1-6-9(4)10(13)12-11(5,7-2)8-3/h9H,6-8H2,1-5H3,(H,12,13). The highest BCUT2D eigenvalue weighted by Gasteiger charge is 2.23. The molecule has 0 fully saturated rings. The summed E-state index contributed by atoms with van der Waals surface area (Å²) in [5.41, 5.74) is -0.0134. The maximum Gasteiger partial charge on any atom is 0.223 e. The summed E-state index contributed by atoms with van der Waals surface area (Å²) in [5, 5.41) is 3.10. The van der Waals surface area contributed by atoms with E-state index >= 15 is 0 Å². The van der Waals surface area contributed by atoms with Crippen LogP contribution in [0.1, 0.15) is 53.9 Å². The maximum atomic E-state index is 11.6. The van der Waals surface area contributed by atoms with Crippen LogP contribution in [0.25, 0.3) is 0 Å². The van der Waals surface area contributed by atoms with E-state index in [2.05, 4.69) is 26.1 Å². The number of rotatable bonds is 5. The molecule has 1 N–H and O–H groups in total. The van der Waals surface area contributed by atoms with Gasteiger partial charge in [0.1, 0.15) is 0 Å². The molecule has 1 atom stereocenters. The van der Waals surface area contributed by atoms with E-state index in [9.17, 15) is 4.79 Å². The van der Waals surface area contributed by atoms with E-state index in [-0.39, 0.29) is 17.4 Å². The molecule has 0 saturated carbocycles.